The zero-order valence-electron chi connectivity index (χ0n) is 18.2. The van der Waals surface area contributed by atoms with Crippen molar-refractivity contribution in [1.29, 1.82) is 5.26 Å². The summed E-state index contributed by atoms with van der Waals surface area (Å²) < 4.78 is 12.0. The average Bonchev–Trinajstić information content (AvgIpc) is 3.26. The van der Waals surface area contributed by atoms with E-state index in [1.54, 1.807) is 30.5 Å². The standard InChI is InChI=1S/C23H26N4O6/c1-2-3-5-15(12-24)13-27-9-4-6-17(22(27)30)25-23(31)26-18(11-21(28)29)16-7-8-19-20(10-16)33-14-32-19/h4,6-10,15,18H,2-3,5,11,13-14H2,1H3,(H,28,29)(H2,25,26,31)/t15?,18-/m0/s1. The van der Waals surface area contributed by atoms with Crippen LogP contribution < -0.4 is 25.7 Å². The van der Waals surface area contributed by atoms with Crippen LogP contribution in [-0.4, -0.2) is 28.5 Å². The minimum Gasteiger partial charge on any atom is -0.481 e. The summed E-state index contributed by atoms with van der Waals surface area (Å²) in [5.74, 6) is -0.407. The number of carbonyl (C=O) groups excluding carboxylic acids is 1. The summed E-state index contributed by atoms with van der Waals surface area (Å²) in [4.78, 5) is 36.8. The van der Waals surface area contributed by atoms with Gasteiger partial charge in [-0.1, -0.05) is 25.8 Å². The first-order valence-corrected chi connectivity index (χ1v) is 10.7. The molecule has 1 aliphatic rings. The second-order valence-electron chi connectivity index (χ2n) is 7.71. The van der Waals surface area contributed by atoms with Crippen LogP contribution in [0.1, 0.15) is 44.2 Å². The minimum atomic E-state index is -1.10. The molecule has 0 fully saturated rings. The molecule has 1 aliphatic heterocycles. The number of amides is 2. The second kappa shape index (κ2) is 11.0. The maximum absolute atomic E-state index is 12.8. The Morgan fingerprint density at radius 3 is 2.79 bits per heavy atom. The predicted molar refractivity (Wildman–Crippen MR) is 119 cm³/mol. The molecule has 33 heavy (non-hydrogen) atoms. The van der Waals surface area contributed by atoms with Crippen LogP contribution in [0.25, 0.3) is 0 Å². The van der Waals surface area contributed by atoms with Gasteiger partial charge < -0.3 is 29.8 Å². The van der Waals surface area contributed by atoms with Crippen molar-refractivity contribution in [3.8, 4) is 17.6 Å². The molecule has 2 heterocycles. The summed E-state index contributed by atoms with van der Waals surface area (Å²) in [5.41, 5.74) is 0.110. The average molecular weight is 454 g/mol. The number of benzene rings is 1. The molecule has 1 unspecified atom stereocenters. The molecule has 10 heteroatoms. The SMILES string of the molecule is CCCCC(C#N)Cn1cccc(NC(=O)N[C@@H](CC(=O)O)c2ccc3c(c2)OCO3)c1=O. The van der Waals surface area contributed by atoms with Crippen LogP contribution in [0.5, 0.6) is 11.5 Å². The summed E-state index contributed by atoms with van der Waals surface area (Å²) in [7, 11) is 0. The highest BCUT2D eigenvalue weighted by Gasteiger charge is 2.22. The molecular weight excluding hydrogens is 428 g/mol. The highest BCUT2D eigenvalue weighted by Crippen LogP contribution is 2.34. The van der Waals surface area contributed by atoms with Gasteiger partial charge in [-0.15, -0.1) is 0 Å². The molecule has 0 saturated heterocycles. The number of fused-ring (bicyclic) bond motifs is 1. The summed E-state index contributed by atoms with van der Waals surface area (Å²) in [6.07, 6.45) is 3.73. The molecule has 2 atom stereocenters. The molecule has 0 radical (unpaired) electrons. The lowest BCUT2D eigenvalue weighted by atomic mass is 10.0. The zero-order valence-corrected chi connectivity index (χ0v) is 18.2. The number of nitrogens with zero attached hydrogens (tertiary/aromatic N) is 2. The largest absolute Gasteiger partial charge is 0.481 e. The lowest BCUT2D eigenvalue weighted by molar-refractivity contribution is -0.137. The molecule has 2 amide bonds. The van der Waals surface area contributed by atoms with E-state index in [0.29, 0.717) is 23.5 Å². The van der Waals surface area contributed by atoms with E-state index >= 15 is 0 Å². The Bertz CT molecular complexity index is 1110. The maximum Gasteiger partial charge on any atom is 0.319 e. The van der Waals surface area contributed by atoms with E-state index in [1.165, 1.54) is 10.6 Å². The van der Waals surface area contributed by atoms with Gasteiger partial charge in [0.2, 0.25) is 6.79 Å². The number of hydrogen-bond acceptors (Lipinski definition) is 6. The van der Waals surface area contributed by atoms with Gasteiger partial charge in [0.15, 0.2) is 11.5 Å². The number of anilines is 1. The van der Waals surface area contributed by atoms with Gasteiger partial charge in [-0.2, -0.15) is 5.26 Å². The first kappa shape index (κ1) is 23.7. The van der Waals surface area contributed by atoms with Crippen LogP contribution in [0.15, 0.2) is 41.3 Å². The number of carboxylic acid groups (broad SMARTS) is 1. The third-order valence-corrected chi connectivity index (χ3v) is 5.26. The third-order valence-electron chi connectivity index (χ3n) is 5.26. The fraction of sp³-hybridized carbons (Fsp3) is 0.391. The van der Waals surface area contributed by atoms with Crippen molar-refractivity contribution in [3.05, 3.63) is 52.4 Å². The number of carbonyl (C=O) groups is 2. The molecule has 10 nitrogen and oxygen atoms in total. The van der Waals surface area contributed by atoms with Crippen molar-refractivity contribution in [2.45, 2.75) is 45.2 Å². The Kier molecular flexibility index (Phi) is 7.91. The molecule has 3 N–H and O–H groups in total. The number of hydrogen-bond donors (Lipinski definition) is 3. The normalized spacial score (nSPS) is 13.6. The number of urea groups is 1. The lowest BCUT2D eigenvalue weighted by Gasteiger charge is -2.18. The number of rotatable bonds is 10. The van der Waals surface area contributed by atoms with E-state index in [-0.39, 0.29) is 31.4 Å². The van der Waals surface area contributed by atoms with E-state index in [0.717, 1.165) is 12.8 Å². The quantitative estimate of drug-likeness (QED) is 0.500. The Morgan fingerprint density at radius 1 is 1.27 bits per heavy atom. The van der Waals surface area contributed by atoms with E-state index in [9.17, 15) is 24.8 Å². The van der Waals surface area contributed by atoms with Gasteiger partial charge in [-0.05, 0) is 36.2 Å². The number of ether oxygens (including phenoxy) is 2. The molecule has 0 bridgehead atoms. The molecular formula is C23H26N4O6. The van der Waals surface area contributed by atoms with Gasteiger partial charge in [0.1, 0.15) is 5.69 Å². The highest BCUT2D eigenvalue weighted by atomic mass is 16.7. The first-order valence-electron chi connectivity index (χ1n) is 10.7. The van der Waals surface area contributed by atoms with E-state index in [1.807, 2.05) is 6.92 Å². The topological polar surface area (TPSA) is 143 Å². The molecule has 0 saturated carbocycles. The van der Waals surface area contributed by atoms with Crippen LogP contribution in [0, 0.1) is 17.2 Å². The van der Waals surface area contributed by atoms with E-state index < -0.39 is 23.6 Å². The van der Waals surface area contributed by atoms with Crippen LogP contribution in [-0.2, 0) is 11.3 Å². The Hall–Kier alpha value is -4.00. The smallest absolute Gasteiger partial charge is 0.319 e. The first-order chi connectivity index (χ1) is 15.9. The molecule has 3 rings (SSSR count). The maximum atomic E-state index is 12.8. The van der Waals surface area contributed by atoms with E-state index in [2.05, 4.69) is 16.7 Å². The molecule has 0 spiro atoms. The van der Waals surface area contributed by atoms with Crippen molar-refractivity contribution < 1.29 is 24.2 Å². The van der Waals surface area contributed by atoms with Gasteiger partial charge in [-0.25, -0.2) is 4.79 Å². The fourth-order valence-corrected chi connectivity index (χ4v) is 3.53. The Balaban J connectivity index is 1.72. The third kappa shape index (κ3) is 6.26. The summed E-state index contributed by atoms with van der Waals surface area (Å²) in [6.45, 7) is 2.33. The predicted octanol–water partition coefficient (Wildman–Crippen LogP) is 3.24. The number of aliphatic carboxylic acids is 1. The lowest BCUT2D eigenvalue weighted by Crippen LogP contribution is -2.36. The fourth-order valence-electron chi connectivity index (χ4n) is 3.53. The number of nitrogens with one attached hydrogen (secondary N) is 2. The van der Waals surface area contributed by atoms with Crippen LogP contribution in [0.4, 0.5) is 10.5 Å². The minimum absolute atomic E-state index is 0.0296. The van der Waals surface area contributed by atoms with Crippen molar-refractivity contribution in [2.24, 2.45) is 5.92 Å². The van der Waals surface area contributed by atoms with Crippen LogP contribution >= 0.6 is 0 Å². The van der Waals surface area contributed by atoms with Gasteiger partial charge >= 0.3 is 12.0 Å². The number of nitriles is 1. The number of pyridine rings is 1. The van der Waals surface area contributed by atoms with E-state index in [4.69, 9.17) is 9.47 Å². The summed E-state index contributed by atoms with van der Waals surface area (Å²) >= 11 is 0. The van der Waals surface area contributed by atoms with Crippen molar-refractivity contribution in [3.63, 3.8) is 0 Å². The second-order valence-corrected chi connectivity index (χ2v) is 7.71. The zero-order chi connectivity index (χ0) is 23.8. The number of unbranched alkanes of at least 4 members (excludes halogenated alkanes) is 1. The number of carboxylic acids is 1. The number of aromatic nitrogens is 1. The molecule has 2 aromatic rings. The van der Waals surface area contributed by atoms with Gasteiger partial charge in [0.05, 0.1) is 24.4 Å². The van der Waals surface area contributed by atoms with Gasteiger partial charge in [0.25, 0.3) is 5.56 Å². The molecule has 174 valence electrons. The molecule has 1 aromatic heterocycles. The highest BCUT2D eigenvalue weighted by molar-refractivity contribution is 5.89. The van der Waals surface area contributed by atoms with Crippen molar-refractivity contribution in [2.75, 3.05) is 12.1 Å². The summed E-state index contributed by atoms with van der Waals surface area (Å²) in [6, 6.07) is 8.61. The Labute approximate surface area is 190 Å². The van der Waals surface area contributed by atoms with Crippen LogP contribution in [0.3, 0.4) is 0 Å². The van der Waals surface area contributed by atoms with Crippen molar-refractivity contribution in [1.82, 2.24) is 9.88 Å². The Morgan fingerprint density at radius 2 is 2.06 bits per heavy atom. The monoisotopic (exact) mass is 454 g/mol. The summed E-state index contributed by atoms with van der Waals surface area (Å²) in [5, 5.41) is 23.7. The van der Waals surface area contributed by atoms with Gasteiger partial charge in [0, 0.05) is 12.7 Å². The molecule has 1 aromatic carbocycles. The van der Waals surface area contributed by atoms with Crippen LogP contribution in [0.2, 0.25) is 0 Å². The van der Waals surface area contributed by atoms with Crippen molar-refractivity contribution >= 4 is 17.7 Å². The molecule has 0 aliphatic carbocycles. The van der Waals surface area contributed by atoms with Gasteiger partial charge in [-0.3, -0.25) is 9.59 Å².